The maximum Gasteiger partial charge on any atom is 0.277 e. The van der Waals surface area contributed by atoms with Gasteiger partial charge in [0.2, 0.25) is 0 Å². The van der Waals surface area contributed by atoms with Crippen LogP contribution in [-0.4, -0.2) is 14.9 Å². The van der Waals surface area contributed by atoms with E-state index in [0.29, 0.717) is 22.0 Å². The van der Waals surface area contributed by atoms with Crippen molar-refractivity contribution >= 4 is 11.6 Å². The van der Waals surface area contributed by atoms with Gasteiger partial charge in [-0.05, 0) is 31.2 Å². The van der Waals surface area contributed by atoms with Crippen molar-refractivity contribution < 1.29 is 5.11 Å². The maximum absolute atomic E-state index is 11.8. The number of aryl methyl sites for hydroxylation is 1. The van der Waals surface area contributed by atoms with Gasteiger partial charge in [-0.15, -0.1) is 0 Å². The van der Waals surface area contributed by atoms with Crippen LogP contribution in [0.1, 0.15) is 11.3 Å². The van der Waals surface area contributed by atoms with E-state index in [1.165, 1.54) is 4.68 Å². The molecule has 0 radical (unpaired) electrons. The first-order chi connectivity index (χ1) is 7.63. The van der Waals surface area contributed by atoms with E-state index in [4.69, 9.17) is 16.7 Å². The highest BCUT2D eigenvalue weighted by molar-refractivity contribution is 6.30. The van der Waals surface area contributed by atoms with Crippen LogP contribution in [-0.2, 0) is 6.61 Å². The number of rotatable bonds is 2. The molecule has 84 valence electrons. The van der Waals surface area contributed by atoms with Crippen molar-refractivity contribution in [2.45, 2.75) is 13.5 Å². The van der Waals surface area contributed by atoms with E-state index in [9.17, 15) is 4.79 Å². The second-order valence-electron chi connectivity index (χ2n) is 3.49. The number of nitrogens with one attached hydrogen (secondary N) is 1. The normalized spacial score (nSPS) is 10.7. The Morgan fingerprint density at radius 3 is 2.50 bits per heavy atom. The van der Waals surface area contributed by atoms with Crippen LogP contribution in [0.3, 0.4) is 0 Å². The van der Waals surface area contributed by atoms with E-state index in [1.54, 1.807) is 31.2 Å². The SMILES string of the molecule is Cc1[nH]n(-c2ccc(Cl)cc2)c(=O)c1CO. The molecule has 0 spiro atoms. The second kappa shape index (κ2) is 4.15. The molecule has 2 rings (SSSR count). The van der Waals surface area contributed by atoms with Crippen LogP contribution in [0.15, 0.2) is 29.1 Å². The number of hydrogen-bond donors (Lipinski definition) is 2. The Bertz CT molecular complexity index is 554. The predicted octanol–water partition coefficient (Wildman–Crippen LogP) is 1.62. The lowest BCUT2D eigenvalue weighted by Crippen LogP contribution is -2.17. The summed E-state index contributed by atoms with van der Waals surface area (Å²) in [5, 5.41) is 12.6. The van der Waals surface area contributed by atoms with Crippen molar-refractivity contribution in [3.63, 3.8) is 0 Å². The number of nitrogens with zero attached hydrogens (tertiary/aromatic N) is 1. The zero-order chi connectivity index (χ0) is 11.7. The monoisotopic (exact) mass is 238 g/mol. The van der Waals surface area contributed by atoms with Gasteiger partial charge in [0.25, 0.3) is 5.56 Å². The molecule has 0 amide bonds. The molecule has 0 fully saturated rings. The van der Waals surface area contributed by atoms with Crippen LogP contribution < -0.4 is 5.56 Å². The number of halogens is 1. The van der Waals surface area contributed by atoms with Gasteiger partial charge in [-0.1, -0.05) is 11.6 Å². The zero-order valence-corrected chi connectivity index (χ0v) is 9.45. The van der Waals surface area contributed by atoms with Gasteiger partial charge in [0.05, 0.1) is 17.9 Å². The Morgan fingerprint density at radius 2 is 2.00 bits per heavy atom. The van der Waals surface area contributed by atoms with E-state index in [1.807, 2.05) is 0 Å². The first kappa shape index (κ1) is 11.0. The molecule has 0 unspecified atom stereocenters. The average Bonchev–Trinajstić information content (AvgIpc) is 2.55. The molecule has 2 aromatic rings. The first-order valence-corrected chi connectivity index (χ1v) is 5.18. The van der Waals surface area contributed by atoms with Crippen molar-refractivity contribution in [3.05, 3.63) is 50.9 Å². The Labute approximate surface area is 97.1 Å². The highest BCUT2D eigenvalue weighted by Gasteiger charge is 2.10. The van der Waals surface area contributed by atoms with Crippen LogP contribution >= 0.6 is 11.6 Å². The standard InChI is InChI=1S/C11H11ClN2O2/c1-7-10(6-15)11(16)14(13-7)9-4-2-8(12)3-5-9/h2-5,13,15H,6H2,1H3. The van der Waals surface area contributed by atoms with E-state index in [0.717, 1.165) is 0 Å². The molecule has 0 atom stereocenters. The van der Waals surface area contributed by atoms with Crippen LogP contribution in [0.2, 0.25) is 5.02 Å². The molecule has 0 bridgehead atoms. The molecule has 0 aliphatic carbocycles. The topological polar surface area (TPSA) is 58.0 Å². The van der Waals surface area contributed by atoms with E-state index in [-0.39, 0.29) is 12.2 Å². The quantitative estimate of drug-likeness (QED) is 0.835. The summed E-state index contributed by atoms with van der Waals surface area (Å²) in [5.41, 5.74) is 1.51. The predicted molar refractivity (Wildman–Crippen MR) is 62.1 cm³/mol. The molecule has 2 N–H and O–H groups in total. The minimum absolute atomic E-state index is 0.234. The number of hydrogen-bond acceptors (Lipinski definition) is 2. The number of H-pyrrole nitrogens is 1. The van der Waals surface area contributed by atoms with Gasteiger partial charge in [-0.25, -0.2) is 4.68 Å². The highest BCUT2D eigenvalue weighted by atomic mass is 35.5. The fourth-order valence-corrected chi connectivity index (χ4v) is 1.67. The van der Waals surface area contributed by atoms with Crippen LogP contribution in [0.25, 0.3) is 5.69 Å². The molecule has 1 aromatic carbocycles. The van der Waals surface area contributed by atoms with Crippen molar-refractivity contribution in [1.29, 1.82) is 0 Å². The second-order valence-corrected chi connectivity index (χ2v) is 3.93. The molecule has 16 heavy (non-hydrogen) atoms. The van der Waals surface area contributed by atoms with Crippen molar-refractivity contribution in [1.82, 2.24) is 9.78 Å². The lowest BCUT2D eigenvalue weighted by atomic mass is 10.3. The van der Waals surface area contributed by atoms with Gasteiger partial charge in [-0.3, -0.25) is 9.89 Å². The summed E-state index contributed by atoms with van der Waals surface area (Å²) in [6.07, 6.45) is 0. The minimum atomic E-state index is -0.262. The van der Waals surface area contributed by atoms with Crippen LogP contribution in [0.5, 0.6) is 0 Å². The molecule has 0 saturated carbocycles. The molecular formula is C11H11ClN2O2. The summed E-state index contributed by atoms with van der Waals surface area (Å²) in [4.78, 5) is 11.8. The van der Waals surface area contributed by atoms with Crippen LogP contribution in [0, 0.1) is 6.92 Å². The molecule has 1 aromatic heterocycles. The summed E-state index contributed by atoms with van der Waals surface area (Å²) in [6.45, 7) is 1.49. The molecule has 0 aliphatic heterocycles. The molecule has 1 heterocycles. The van der Waals surface area contributed by atoms with Crippen molar-refractivity contribution in [2.24, 2.45) is 0 Å². The summed E-state index contributed by atoms with van der Waals surface area (Å²) < 4.78 is 1.39. The van der Waals surface area contributed by atoms with Gasteiger partial charge in [0.15, 0.2) is 0 Å². The zero-order valence-electron chi connectivity index (χ0n) is 8.70. The Balaban J connectivity index is 2.57. The molecular weight excluding hydrogens is 228 g/mol. The van der Waals surface area contributed by atoms with E-state index < -0.39 is 0 Å². The third-order valence-corrected chi connectivity index (χ3v) is 2.69. The van der Waals surface area contributed by atoms with Gasteiger partial charge < -0.3 is 5.11 Å². The van der Waals surface area contributed by atoms with Crippen LogP contribution in [0.4, 0.5) is 0 Å². The molecule has 4 nitrogen and oxygen atoms in total. The van der Waals surface area contributed by atoms with Gasteiger partial charge in [0, 0.05) is 10.7 Å². The van der Waals surface area contributed by atoms with Crippen molar-refractivity contribution in [3.8, 4) is 5.69 Å². The lowest BCUT2D eigenvalue weighted by molar-refractivity contribution is 0.280. The Hall–Kier alpha value is -1.52. The Morgan fingerprint density at radius 1 is 1.38 bits per heavy atom. The van der Waals surface area contributed by atoms with Gasteiger partial charge in [0.1, 0.15) is 0 Å². The third kappa shape index (κ3) is 1.77. The lowest BCUT2D eigenvalue weighted by Gasteiger charge is -2.00. The van der Waals surface area contributed by atoms with E-state index >= 15 is 0 Å². The third-order valence-electron chi connectivity index (χ3n) is 2.44. The summed E-state index contributed by atoms with van der Waals surface area (Å²) >= 11 is 5.77. The number of aromatic nitrogens is 2. The number of benzene rings is 1. The smallest absolute Gasteiger partial charge is 0.277 e. The highest BCUT2D eigenvalue weighted by Crippen LogP contribution is 2.12. The Kier molecular flexibility index (Phi) is 2.85. The van der Waals surface area contributed by atoms with E-state index in [2.05, 4.69) is 5.10 Å². The average molecular weight is 239 g/mol. The first-order valence-electron chi connectivity index (χ1n) is 4.81. The summed E-state index contributed by atoms with van der Waals surface area (Å²) in [7, 11) is 0. The summed E-state index contributed by atoms with van der Waals surface area (Å²) in [5.74, 6) is 0. The number of aliphatic hydroxyl groups excluding tert-OH is 1. The molecule has 0 aliphatic rings. The van der Waals surface area contributed by atoms with Gasteiger partial charge >= 0.3 is 0 Å². The minimum Gasteiger partial charge on any atom is -0.391 e. The fraction of sp³-hybridized carbons (Fsp3) is 0.182. The number of aromatic amines is 1. The fourth-order valence-electron chi connectivity index (χ4n) is 1.54. The summed E-state index contributed by atoms with van der Waals surface area (Å²) in [6, 6.07) is 6.89. The van der Waals surface area contributed by atoms with Crippen molar-refractivity contribution in [2.75, 3.05) is 0 Å². The van der Waals surface area contributed by atoms with Gasteiger partial charge in [-0.2, -0.15) is 0 Å². The largest absolute Gasteiger partial charge is 0.391 e. The molecule has 5 heteroatoms. The maximum atomic E-state index is 11.8. The number of aliphatic hydroxyl groups is 1. The molecule has 0 saturated heterocycles.